The molecule has 2 amide bonds. The Morgan fingerprint density at radius 1 is 1.24 bits per heavy atom. The number of pyridine rings is 1. The highest BCUT2D eigenvalue weighted by Crippen LogP contribution is 2.21. The van der Waals surface area contributed by atoms with Crippen molar-refractivity contribution in [3.8, 4) is 0 Å². The molecule has 1 aromatic carbocycles. The lowest BCUT2D eigenvalue weighted by atomic mass is 10.2. The van der Waals surface area contributed by atoms with Gasteiger partial charge in [0.2, 0.25) is 5.91 Å². The number of fused-ring (bicyclic) bond motifs is 1. The number of rotatable bonds is 4. The molecule has 1 N–H and O–H groups in total. The number of para-hydroxylation sites is 1. The molecule has 25 heavy (non-hydrogen) atoms. The number of carbonyl (C=O) groups excluding carboxylic acids is 2. The second kappa shape index (κ2) is 6.39. The third-order valence-corrected chi connectivity index (χ3v) is 4.27. The third kappa shape index (κ3) is 3.10. The Kier molecular flexibility index (Phi) is 3.93. The molecule has 1 saturated heterocycles. The quantitative estimate of drug-likeness (QED) is 0.795. The molecule has 0 unspecified atom stereocenters. The molecule has 0 saturated carbocycles. The van der Waals surface area contributed by atoms with Crippen LogP contribution in [0.1, 0.15) is 29.0 Å². The summed E-state index contributed by atoms with van der Waals surface area (Å²) in [5.74, 6) is 0.115. The van der Waals surface area contributed by atoms with Gasteiger partial charge < -0.3 is 14.6 Å². The predicted octanol–water partition coefficient (Wildman–Crippen LogP) is 2.88. The summed E-state index contributed by atoms with van der Waals surface area (Å²) in [5, 5.41) is 3.72. The maximum Gasteiger partial charge on any atom is 0.287 e. The molecule has 0 spiro atoms. The van der Waals surface area contributed by atoms with Crippen LogP contribution in [0.3, 0.4) is 0 Å². The second-order valence-corrected chi connectivity index (χ2v) is 6.03. The fraction of sp³-hybridized carbons (Fsp3) is 0.211. The maximum absolute atomic E-state index is 12.3. The molecule has 0 aliphatic carbocycles. The number of amides is 2. The number of nitrogens with one attached hydrogen (secondary N) is 1. The highest BCUT2D eigenvalue weighted by atomic mass is 16.3. The molecule has 1 fully saturated rings. The first kappa shape index (κ1) is 15.4. The molecule has 3 heterocycles. The summed E-state index contributed by atoms with van der Waals surface area (Å²) in [4.78, 5) is 30.0. The first-order chi connectivity index (χ1) is 12.2. The van der Waals surface area contributed by atoms with Crippen molar-refractivity contribution >= 4 is 28.5 Å². The minimum atomic E-state index is -0.279. The van der Waals surface area contributed by atoms with E-state index in [0.717, 1.165) is 29.6 Å². The van der Waals surface area contributed by atoms with Gasteiger partial charge in [0, 0.05) is 31.1 Å². The summed E-state index contributed by atoms with van der Waals surface area (Å²) in [5.41, 5.74) is 2.29. The smallest absolute Gasteiger partial charge is 0.287 e. The first-order valence-corrected chi connectivity index (χ1v) is 8.22. The summed E-state index contributed by atoms with van der Waals surface area (Å²) < 4.78 is 5.56. The van der Waals surface area contributed by atoms with Crippen molar-refractivity contribution in [3.05, 3.63) is 60.1 Å². The Labute approximate surface area is 144 Å². The SMILES string of the molecule is O=C(NCc1cncc(N2CCCC2=O)c1)c1cc2ccccc2o1. The van der Waals surface area contributed by atoms with Crippen molar-refractivity contribution in [3.63, 3.8) is 0 Å². The van der Waals surface area contributed by atoms with E-state index in [2.05, 4.69) is 10.3 Å². The van der Waals surface area contributed by atoms with Crippen LogP contribution in [0.15, 0.2) is 53.2 Å². The van der Waals surface area contributed by atoms with Gasteiger partial charge in [-0.3, -0.25) is 14.6 Å². The molecule has 3 aromatic rings. The van der Waals surface area contributed by atoms with Crippen LogP contribution in [0.4, 0.5) is 5.69 Å². The maximum atomic E-state index is 12.3. The van der Waals surface area contributed by atoms with Gasteiger partial charge in [0.05, 0.1) is 11.9 Å². The molecule has 0 atom stereocenters. The molecule has 1 aliphatic heterocycles. The number of hydrogen-bond acceptors (Lipinski definition) is 4. The lowest BCUT2D eigenvalue weighted by Crippen LogP contribution is -2.25. The molecule has 0 radical (unpaired) electrons. The van der Waals surface area contributed by atoms with Crippen LogP contribution in [-0.2, 0) is 11.3 Å². The average Bonchev–Trinajstić information content (AvgIpc) is 3.26. The van der Waals surface area contributed by atoms with Crippen molar-refractivity contribution in [1.29, 1.82) is 0 Å². The van der Waals surface area contributed by atoms with E-state index in [1.807, 2.05) is 30.3 Å². The topological polar surface area (TPSA) is 75.4 Å². The monoisotopic (exact) mass is 335 g/mol. The van der Waals surface area contributed by atoms with Gasteiger partial charge in [0.25, 0.3) is 5.91 Å². The van der Waals surface area contributed by atoms with Gasteiger partial charge >= 0.3 is 0 Å². The fourth-order valence-corrected chi connectivity index (χ4v) is 3.00. The zero-order chi connectivity index (χ0) is 17.2. The minimum Gasteiger partial charge on any atom is -0.451 e. The van der Waals surface area contributed by atoms with Crippen molar-refractivity contribution < 1.29 is 14.0 Å². The van der Waals surface area contributed by atoms with Crippen molar-refractivity contribution in [1.82, 2.24) is 10.3 Å². The Balaban J connectivity index is 1.45. The van der Waals surface area contributed by atoms with E-state index in [-0.39, 0.29) is 17.6 Å². The lowest BCUT2D eigenvalue weighted by Gasteiger charge is -2.16. The number of furan rings is 1. The molecule has 6 nitrogen and oxygen atoms in total. The fourth-order valence-electron chi connectivity index (χ4n) is 3.00. The third-order valence-electron chi connectivity index (χ3n) is 4.27. The van der Waals surface area contributed by atoms with E-state index in [0.29, 0.717) is 18.5 Å². The van der Waals surface area contributed by atoms with Gasteiger partial charge in [0.15, 0.2) is 5.76 Å². The predicted molar refractivity (Wildman–Crippen MR) is 93.2 cm³/mol. The van der Waals surface area contributed by atoms with Crippen LogP contribution in [-0.4, -0.2) is 23.3 Å². The standard InChI is InChI=1S/C19H17N3O3/c23-18-6-3-7-22(18)15-8-13(10-20-12-15)11-21-19(24)17-9-14-4-1-2-5-16(14)25-17/h1-2,4-5,8-10,12H,3,6-7,11H2,(H,21,24). The number of aromatic nitrogens is 1. The number of benzene rings is 1. The lowest BCUT2D eigenvalue weighted by molar-refractivity contribution is -0.117. The number of nitrogens with zero attached hydrogens (tertiary/aromatic N) is 2. The van der Waals surface area contributed by atoms with E-state index in [1.165, 1.54) is 0 Å². The molecule has 4 rings (SSSR count). The van der Waals surface area contributed by atoms with E-state index in [4.69, 9.17) is 4.42 Å². The Hall–Kier alpha value is -3.15. The summed E-state index contributed by atoms with van der Waals surface area (Å²) >= 11 is 0. The highest BCUT2D eigenvalue weighted by Gasteiger charge is 2.22. The van der Waals surface area contributed by atoms with Crippen molar-refractivity contribution in [2.24, 2.45) is 0 Å². The zero-order valence-electron chi connectivity index (χ0n) is 13.6. The van der Waals surface area contributed by atoms with Gasteiger partial charge in [-0.05, 0) is 30.2 Å². The van der Waals surface area contributed by atoms with E-state index in [9.17, 15) is 9.59 Å². The number of anilines is 1. The van der Waals surface area contributed by atoms with Crippen LogP contribution in [0.2, 0.25) is 0 Å². The molecule has 6 heteroatoms. The minimum absolute atomic E-state index is 0.116. The number of hydrogen-bond donors (Lipinski definition) is 1. The summed E-state index contributed by atoms with van der Waals surface area (Å²) in [7, 11) is 0. The van der Waals surface area contributed by atoms with Crippen LogP contribution in [0.25, 0.3) is 11.0 Å². The van der Waals surface area contributed by atoms with Crippen LogP contribution in [0.5, 0.6) is 0 Å². The van der Waals surface area contributed by atoms with Crippen LogP contribution in [0, 0.1) is 0 Å². The summed E-state index contributed by atoms with van der Waals surface area (Å²) in [6.07, 6.45) is 4.80. The van der Waals surface area contributed by atoms with Crippen LogP contribution >= 0.6 is 0 Å². The Morgan fingerprint density at radius 3 is 2.92 bits per heavy atom. The first-order valence-electron chi connectivity index (χ1n) is 8.22. The van der Waals surface area contributed by atoms with Gasteiger partial charge in [-0.25, -0.2) is 0 Å². The van der Waals surface area contributed by atoms with Gasteiger partial charge in [-0.2, -0.15) is 0 Å². The second-order valence-electron chi connectivity index (χ2n) is 6.03. The van der Waals surface area contributed by atoms with E-state index >= 15 is 0 Å². The average molecular weight is 335 g/mol. The Morgan fingerprint density at radius 2 is 2.12 bits per heavy atom. The highest BCUT2D eigenvalue weighted by molar-refractivity contribution is 5.96. The molecule has 2 aromatic heterocycles. The van der Waals surface area contributed by atoms with Gasteiger partial charge in [0.1, 0.15) is 5.58 Å². The van der Waals surface area contributed by atoms with E-state index < -0.39 is 0 Å². The summed E-state index contributed by atoms with van der Waals surface area (Å²) in [6.45, 7) is 1.04. The molecular weight excluding hydrogens is 318 g/mol. The normalized spacial score (nSPS) is 14.2. The molecule has 0 bridgehead atoms. The van der Waals surface area contributed by atoms with Crippen molar-refractivity contribution in [2.45, 2.75) is 19.4 Å². The molecule has 1 aliphatic rings. The largest absolute Gasteiger partial charge is 0.451 e. The molecular formula is C19H17N3O3. The number of carbonyl (C=O) groups is 2. The molecule has 126 valence electrons. The van der Waals surface area contributed by atoms with E-state index in [1.54, 1.807) is 23.4 Å². The van der Waals surface area contributed by atoms with Gasteiger partial charge in [-0.15, -0.1) is 0 Å². The van der Waals surface area contributed by atoms with Crippen LogP contribution < -0.4 is 10.2 Å². The summed E-state index contributed by atoms with van der Waals surface area (Å²) in [6, 6.07) is 11.1. The van der Waals surface area contributed by atoms with Crippen molar-refractivity contribution in [2.75, 3.05) is 11.4 Å². The zero-order valence-corrected chi connectivity index (χ0v) is 13.6. The van der Waals surface area contributed by atoms with Gasteiger partial charge in [-0.1, -0.05) is 18.2 Å². The Bertz CT molecular complexity index is 915.